The molecule has 108 valence electrons. The number of hydrogen-bond acceptors (Lipinski definition) is 4. The fourth-order valence-corrected chi connectivity index (χ4v) is 3.75. The van der Waals surface area contributed by atoms with E-state index >= 15 is 0 Å². The van der Waals surface area contributed by atoms with Crippen molar-refractivity contribution in [3.8, 4) is 0 Å². The number of rotatable bonds is 4. The maximum Gasteiger partial charge on any atom is 0.246 e. The molecular weight excluding hydrogens is 300 g/mol. The standard InChI is InChI=1S/C13H15ClN2O3S/c1-8(11-5-4-6-12(14)7-11)16-20(17,18)13-9(2)15-19-10(13)3/h4-8,16H,1-3H3/t8-/m0/s1. The van der Waals surface area contributed by atoms with Gasteiger partial charge in [-0.05, 0) is 38.5 Å². The van der Waals surface area contributed by atoms with E-state index in [1.165, 1.54) is 0 Å². The highest BCUT2D eigenvalue weighted by Crippen LogP contribution is 2.23. The first-order chi connectivity index (χ1) is 9.31. The van der Waals surface area contributed by atoms with Crippen LogP contribution in [0.4, 0.5) is 0 Å². The van der Waals surface area contributed by atoms with Crippen LogP contribution in [0.2, 0.25) is 5.02 Å². The summed E-state index contributed by atoms with van der Waals surface area (Å²) in [5, 5.41) is 4.22. The number of aromatic nitrogens is 1. The Morgan fingerprint density at radius 2 is 2.05 bits per heavy atom. The molecule has 1 N–H and O–H groups in total. The molecule has 1 aromatic carbocycles. The minimum atomic E-state index is -3.69. The Labute approximate surface area is 123 Å². The molecule has 0 saturated heterocycles. The highest BCUT2D eigenvalue weighted by atomic mass is 35.5. The minimum Gasteiger partial charge on any atom is -0.360 e. The van der Waals surface area contributed by atoms with E-state index in [1.54, 1.807) is 39.0 Å². The van der Waals surface area contributed by atoms with Crippen molar-refractivity contribution in [1.82, 2.24) is 9.88 Å². The lowest BCUT2D eigenvalue weighted by Gasteiger charge is -2.14. The summed E-state index contributed by atoms with van der Waals surface area (Å²) < 4.78 is 32.2. The third-order valence-corrected chi connectivity index (χ3v) is 4.94. The third-order valence-electron chi connectivity index (χ3n) is 2.92. The topological polar surface area (TPSA) is 72.2 Å². The molecule has 0 aliphatic heterocycles. The van der Waals surface area contributed by atoms with Crippen molar-refractivity contribution in [3.63, 3.8) is 0 Å². The number of benzene rings is 1. The third kappa shape index (κ3) is 3.03. The Balaban J connectivity index is 2.29. The van der Waals surface area contributed by atoms with Crippen molar-refractivity contribution in [2.75, 3.05) is 0 Å². The zero-order chi connectivity index (χ0) is 14.9. The SMILES string of the molecule is Cc1noc(C)c1S(=O)(=O)N[C@@H](C)c1cccc(Cl)c1. The Kier molecular flexibility index (Phi) is 4.17. The van der Waals surface area contributed by atoms with Crippen molar-refractivity contribution < 1.29 is 12.9 Å². The highest BCUT2D eigenvalue weighted by Gasteiger charge is 2.26. The Morgan fingerprint density at radius 3 is 2.60 bits per heavy atom. The van der Waals surface area contributed by atoms with Crippen LogP contribution in [0.15, 0.2) is 33.7 Å². The molecule has 0 spiro atoms. The normalized spacial score (nSPS) is 13.4. The second-order valence-corrected chi connectivity index (χ2v) is 6.64. The number of halogens is 1. The maximum absolute atomic E-state index is 12.4. The van der Waals surface area contributed by atoms with Crippen molar-refractivity contribution >= 4 is 21.6 Å². The van der Waals surface area contributed by atoms with E-state index in [4.69, 9.17) is 16.1 Å². The molecule has 1 heterocycles. The van der Waals surface area contributed by atoms with Gasteiger partial charge in [-0.25, -0.2) is 13.1 Å². The van der Waals surface area contributed by atoms with E-state index in [9.17, 15) is 8.42 Å². The lowest BCUT2D eigenvalue weighted by atomic mass is 10.1. The predicted octanol–water partition coefficient (Wildman–Crippen LogP) is 2.98. The van der Waals surface area contributed by atoms with Crippen LogP contribution in [0.3, 0.4) is 0 Å². The van der Waals surface area contributed by atoms with Crippen LogP contribution in [-0.4, -0.2) is 13.6 Å². The Morgan fingerprint density at radius 1 is 1.35 bits per heavy atom. The van der Waals surface area contributed by atoms with Gasteiger partial charge >= 0.3 is 0 Å². The molecule has 0 amide bonds. The fourth-order valence-electron chi connectivity index (χ4n) is 1.99. The first kappa shape index (κ1) is 15.0. The van der Waals surface area contributed by atoms with Crippen molar-refractivity contribution in [3.05, 3.63) is 46.3 Å². The summed E-state index contributed by atoms with van der Waals surface area (Å²) >= 11 is 5.91. The second kappa shape index (κ2) is 5.55. The molecule has 20 heavy (non-hydrogen) atoms. The fraction of sp³-hybridized carbons (Fsp3) is 0.308. The zero-order valence-corrected chi connectivity index (χ0v) is 12.9. The summed E-state index contributed by atoms with van der Waals surface area (Å²) in [6.45, 7) is 4.91. The quantitative estimate of drug-likeness (QED) is 0.941. The first-order valence-electron chi connectivity index (χ1n) is 6.02. The van der Waals surface area contributed by atoms with Crippen molar-refractivity contribution in [2.45, 2.75) is 31.7 Å². The van der Waals surface area contributed by atoms with Gasteiger partial charge in [-0.3, -0.25) is 0 Å². The zero-order valence-electron chi connectivity index (χ0n) is 11.3. The Hall–Kier alpha value is -1.37. The number of nitrogens with one attached hydrogen (secondary N) is 1. The van der Waals surface area contributed by atoms with E-state index in [2.05, 4.69) is 9.88 Å². The Bertz CT molecular complexity index is 705. The van der Waals surface area contributed by atoms with Crippen LogP contribution >= 0.6 is 11.6 Å². The molecule has 0 unspecified atom stereocenters. The van der Waals surface area contributed by atoms with Gasteiger partial charge in [0.1, 0.15) is 10.6 Å². The summed E-state index contributed by atoms with van der Waals surface area (Å²) in [5.41, 5.74) is 1.13. The largest absolute Gasteiger partial charge is 0.360 e. The van der Waals surface area contributed by atoms with Gasteiger partial charge in [0, 0.05) is 11.1 Å². The number of aryl methyl sites for hydroxylation is 2. The predicted molar refractivity (Wildman–Crippen MR) is 76.2 cm³/mol. The molecule has 0 radical (unpaired) electrons. The number of sulfonamides is 1. The van der Waals surface area contributed by atoms with Gasteiger partial charge in [0.15, 0.2) is 5.76 Å². The van der Waals surface area contributed by atoms with Crippen molar-refractivity contribution in [2.24, 2.45) is 0 Å². The lowest BCUT2D eigenvalue weighted by molar-refractivity contribution is 0.390. The monoisotopic (exact) mass is 314 g/mol. The molecular formula is C13H15ClN2O3S. The molecule has 0 aliphatic rings. The van der Waals surface area contributed by atoms with E-state index in [0.29, 0.717) is 10.7 Å². The van der Waals surface area contributed by atoms with Gasteiger partial charge in [0.2, 0.25) is 10.0 Å². The molecule has 0 fully saturated rings. The maximum atomic E-state index is 12.4. The van der Waals surface area contributed by atoms with Gasteiger partial charge < -0.3 is 4.52 Å². The van der Waals surface area contributed by atoms with Gasteiger partial charge in [0.25, 0.3) is 0 Å². The van der Waals surface area contributed by atoms with Crippen molar-refractivity contribution in [1.29, 1.82) is 0 Å². The van der Waals surface area contributed by atoms with Crippen LogP contribution in [0.25, 0.3) is 0 Å². The minimum absolute atomic E-state index is 0.0892. The summed E-state index contributed by atoms with van der Waals surface area (Å²) in [6, 6.07) is 6.64. The number of hydrogen-bond donors (Lipinski definition) is 1. The van der Waals surface area contributed by atoms with Gasteiger partial charge in [-0.15, -0.1) is 0 Å². The molecule has 0 bridgehead atoms. The molecule has 5 nitrogen and oxygen atoms in total. The van der Waals surface area contributed by atoms with E-state index in [0.717, 1.165) is 5.56 Å². The van der Waals surface area contributed by atoms with Gasteiger partial charge in [0.05, 0.1) is 0 Å². The van der Waals surface area contributed by atoms with Crippen LogP contribution in [0, 0.1) is 13.8 Å². The summed E-state index contributed by atoms with van der Waals surface area (Å²) in [7, 11) is -3.69. The van der Waals surface area contributed by atoms with Crippen LogP contribution in [0.1, 0.15) is 30.0 Å². The van der Waals surface area contributed by atoms with Crippen LogP contribution < -0.4 is 4.72 Å². The highest BCUT2D eigenvalue weighted by molar-refractivity contribution is 7.89. The molecule has 2 rings (SSSR count). The summed E-state index contributed by atoms with van der Waals surface area (Å²) in [5.74, 6) is 0.272. The van der Waals surface area contributed by atoms with E-state index < -0.39 is 16.1 Å². The molecule has 2 aromatic rings. The van der Waals surface area contributed by atoms with Gasteiger partial charge in [-0.2, -0.15) is 0 Å². The molecule has 7 heteroatoms. The van der Waals surface area contributed by atoms with E-state index in [1.807, 2.05) is 6.07 Å². The van der Waals surface area contributed by atoms with Crippen LogP contribution in [0.5, 0.6) is 0 Å². The van der Waals surface area contributed by atoms with Gasteiger partial charge in [-0.1, -0.05) is 28.9 Å². The number of nitrogens with zero attached hydrogens (tertiary/aromatic N) is 1. The van der Waals surface area contributed by atoms with Crippen LogP contribution in [-0.2, 0) is 10.0 Å². The summed E-state index contributed by atoms with van der Waals surface area (Å²) in [6.07, 6.45) is 0. The first-order valence-corrected chi connectivity index (χ1v) is 7.88. The molecule has 0 aliphatic carbocycles. The summed E-state index contributed by atoms with van der Waals surface area (Å²) in [4.78, 5) is 0.0892. The average molecular weight is 315 g/mol. The molecule has 1 atom stereocenters. The smallest absolute Gasteiger partial charge is 0.246 e. The van der Waals surface area contributed by atoms with E-state index in [-0.39, 0.29) is 10.7 Å². The second-order valence-electron chi connectivity index (χ2n) is 4.55. The molecule has 1 aromatic heterocycles. The molecule has 0 saturated carbocycles. The average Bonchev–Trinajstić information content (AvgIpc) is 2.69. The lowest BCUT2D eigenvalue weighted by Crippen LogP contribution is -2.27.